The number of amides is 1. The molecule has 0 atom stereocenters. The molecule has 0 radical (unpaired) electrons. The highest BCUT2D eigenvalue weighted by Gasteiger charge is 2.15. The summed E-state index contributed by atoms with van der Waals surface area (Å²) in [5.41, 5.74) is 1.62. The van der Waals surface area contributed by atoms with Crippen LogP contribution in [0.5, 0.6) is 0 Å². The molecular formula is C21H31NO6. The van der Waals surface area contributed by atoms with Crippen LogP contribution in [0.2, 0.25) is 0 Å². The van der Waals surface area contributed by atoms with Gasteiger partial charge in [-0.1, -0.05) is 24.8 Å². The van der Waals surface area contributed by atoms with Crippen molar-refractivity contribution in [2.45, 2.75) is 0 Å². The van der Waals surface area contributed by atoms with Crippen LogP contribution < -0.4 is 0 Å². The van der Waals surface area contributed by atoms with Gasteiger partial charge in [-0.2, -0.15) is 0 Å². The van der Waals surface area contributed by atoms with Crippen LogP contribution in [0, 0.1) is 0 Å². The molecule has 1 aliphatic rings. The molecule has 0 aliphatic carbocycles. The highest BCUT2D eigenvalue weighted by molar-refractivity contribution is 5.94. The second-order valence-corrected chi connectivity index (χ2v) is 6.18. The topological polar surface area (TPSA) is 66.5 Å². The highest BCUT2D eigenvalue weighted by atomic mass is 16.6. The molecule has 0 bridgehead atoms. The fourth-order valence-electron chi connectivity index (χ4n) is 2.59. The van der Waals surface area contributed by atoms with Crippen LogP contribution in [0.1, 0.15) is 15.9 Å². The molecule has 1 aliphatic heterocycles. The molecule has 7 nitrogen and oxygen atoms in total. The molecule has 28 heavy (non-hydrogen) atoms. The van der Waals surface area contributed by atoms with Crippen molar-refractivity contribution >= 4 is 12.0 Å². The number of nitrogens with zero attached hydrogens (tertiary/aromatic N) is 1. The number of carbonyl (C=O) groups excluding carboxylic acids is 1. The maximum absolute atomic E-state index is 12.8. The van der Waals surface area contributed by atoms with Crippen molar-refractivity contribution in [2.75, 3.05) is 79.2 Å². The summed E-state index contributed by atoms with van der Waals surface area (Å²) in [6, 6.07) is 7.40. The average molecular weight is 393 g/mol. The Morgan fingerprint density at radius 3 is 1.50 bits per heavy atom. The Morgan fingerprint density at radius 1 is 0.714 bits per heavy atom. The van der Waals surface area contributed by atoms with Gasteiger partial charge in [-0.3, -0.25) is 4.79 Å². The van der Waals surface area contributed by atoms with E-state index in [0.29, 0.717) is 84.7 Å². The van der Waals surface area contributed by atoms with E-state index < -0.39 is 0 Å². The zero-order valence-electron chi connectivity index (χ0n) is 16.5. The SMILES string of the molecule is C=Cc1ccc(C(=O)N2CCOCCOCCOCCOCCOCC2)cc1. The molecule has 0 saturated carbocycles. The van der Waals surface area contributed by atoms with Gasteiger partial charge in [-0.15, -0.1) is 0 Å². The Labute approximate surface area is 167 Å². The summed E-state index contributed by atoms with van der Waals surface area (Å²) in [6.07, 6.45) is 1.75. The standard InChI is InChI=1S/C21H31NO6/c1-2-19-3-5-20(6-4-19)21(23)22-7-9-24-11-13-26-15-17-28-18-16-27-14-12-25-10-8-22/h2-6H,1,7-18H2. The lowest BCUT2D eigenvalue weighted by Gasteiger charge is -2.23. The molecule has 1 amide bonds. The smallest absolute Gasteiger partial charge is 0.254 e. The number of rotatable bonds is 2. The molecule has 0 unspecified atom stereocenters. The van der Waals surface area contributed by atoms with Gasteiger partial charge in [-0.05, 0) is 17.7 Å². The van der Waals surface area contributed by atoms with E-state index in [1.807, 2.05) is 24.3 Å². The Morgan fingerprint density at radius 2 is 1.11 bits per heavy atom. The number of ether oxygens (including phenoxy) is 5. The van der Waals surface area contributed by atoms with Crippen molar-refractivity contribution < 1.29 is 28.5 Å². The van der Waals surface area contributed by atoms with E-state index >= 15 is 0 Å². The predicted octanol–water partition coefficient (Wildman–Crippen LogP) is 1.87. The summed E-state index contributed by atoms with van der Waals surface area (Å²) >= 11 is 0. The molecule has 1 aromatic rings. The third-order valence-electron chi connectivity index (χ3n) is 4.18. The molecule has 7 heteroatoms. The zero-order valence-corrected chi connectivity index (χ0v) is 16.5. The second kappa shape index (κ2) is 14.3. The van der Waals surface area contributed by atoms with Gasteiger partial charge in [0.1, 0.15) is 0 Å². The van der Waals surface area contributed by atoms with Crippen LogP contribution in [0.25, 0.3) is 6.08 Å². The third kappa shape index (κ3) is 8.95. The molecule has 2 rings (SSSR count). The van der Waals surface area contributed by atoms with Crippen LogP contribution in [0.15, 0.2) is 30.8 Å². The maximum Gasteiger partial charge on any atom is 0.254 e. The van der Waals surface area contributed by atoms with E-state index in [1.54, 1.807) is 11.0 Å². The number of carbonyl (C=O) groups is 1. The zero-order chi connectivity index (χ0) is 19.9. The van der Waals surface area contributed by atoms with Gasteiger partial charge < -0.3 is 28.6 Å². The molecule has 1 fully saturated rings. The second-order valence-electron chi connectivity index (χ2n) is 6.18. The van der Waals surface area contributed by atoms with E-state index in [1.165, 1.54) is 0 Å². The Hall–Kier alpha value is -1.77. The van der Waals surface area contributed by atoms with E-state index in [-0.39, 0.29) is 5.91 Å². The monoisotopic (exact) mass is 393 g/mol. The molecule has 1 aromatic carbocycles. The number of hydrogen-bond donors (Lipinski definition) is 0. The summed E-state index contributed by atoms with van der Waals surface area (Å²) in [5, 5.41) is 0. The summed E-state index contributed by atoms with van der Waals surface area (Å²) in [6.45, 7) is 9.69. The van der Waals surface area contributed by atoms with E-state index in [2.05, 4.69) is 6.58 Å². The summed E-state index contributed by atoms with van der Waals surface area (Å²) in [7, 11) is 0. The number of benzene rings is 1. The largest absolute Gasteiger partial charge is 0.377 e. The summed E-state index contributed by atoms with van der Waals surface area (Å²) in [5.74, 6) is -0.0399. The maximum atomic E-state index is 12.8. The van der Waals surface area contributed by atoms with Crippen molar-refractivity contribution in [1.82, 2.24) is 4.90 Å². The van der Waals surface area contributed by atoms with Crippen molar-refractivity contribution in [2.24, 2.45) is 0 Å². The molecule has 156 valence electrons. The van der Waals surface area contributed by atoms with Gasteiger partial charge in [0.2, 0.25) is 0 Å². The molecular weight excluding hydrogens is 362 g/mol. The van der Waals surface area contributed by atoms with Crippen LogP contribution >= 0.6 is 0 Å². The third-order valence-corrected chi connectivity index (χ3v) is 4.18. The van der Waals surface area contributed by atoms with Gasteiger partial charge in [0.05, 0.1) is 66.1 Å². The lowest BCUT2D eigenvalue weighted by Crippen LogP contribution is -2.37. The molecule has 0 spiro atoms. The van der Waals surface area contributed by atoms with E-state index in [4.69, 9.17) is 23.7 Å². The first-order chi connectivity index (χ1) is 13.8. The summed E-state index contributed by atoms with van der Waals surface area (Å²) in [4.78, 5) is 14.6. The molecule has 1 heterocycles. The average Bonchev–Trinajstić information content (AvgIpc) is 2.73. The highest BCUT2D eigenvalue weighted by Crippen LogP contribution is 2.09. The minimum absolute atomic E-state index is 0.0399. The van der Waals surface area contributed by atoms with Crippen molar-refractivity contribution in [3.63, 3.8) is 0 Å². The van der Waals surface area contributed by atoms with E-state index in [9.17, 15) is 4.79 Å². The predicted molar refractivity (Wildman–Crippen MR) is 107 cm³/mol. The quantitative estimate of drug-likeness (QED) is 0.764. The van der Waals surface area contributed by atoms with Crippen LogP contribution in [0.3, 0.4) is 0 Å². The Bertz CT molecular complexity index is 545. The van der Waals surface area contributed by atoms with Crippen LogP contribution in [-0.2, 0) is 23.7 Å². The lowest BCUT2D eigenvalue weighted by atomic mass is 10.1. The lowest BCUT2D eigenvalue weighted by molar-refractivity contribution is -0.0176. The van der Waals surface area contributed by atoms with Gasteiger partial charge >= 0.3 is 0 Å². The molecule has 0 N–H and O–H groups in total. The fraction of sp³-hybridized carbons (Fsp3) is 0.571. The normalized spacial score (nSPS) is 19.4. The van der Waals surface area contributed by atoms with Gasteiger partial charge in [-0.25, -0.2) is 0 Å². The summed E-state index contributed by atoms with van der Waals surface area (Å²) < 4.78 is 27.5. The van der Waals surface area contributed by atoms with Crippen molar-refractivity contribution in [1.29, 1.82) is 0 Å². The van der Waals surface area contributed by atoms with Crippen LogP contribution in [0.4, 0.5) is 0 Å². The molecule has 1 saturated heterocycles. The van der Waals surface area contributed by atoms with Crippen LogP contribution in [-0.4, -0.2) is 90.0 Å². The first kappa shape index (κ1) is 22.5. The first-order valence-electron chi connectivity index (χ1n) is 9.72. The van der Waals surface area contributed by atoms with Crippen molar-refractivity contribution in [3.05, 3.63) is 42.0 Å². The van der Waals surface area contributed by atoms with E-state index in [0.717, 1.165) is 5.56 Å². The van der Waals surface area contributed by atoms with Gasteiger partial charge in [0.25, 0.3) is 5.91 Å². The Kier molecular flexibility index (Phi) is 11.5. The first-order valence-corrected chi connectivity index (χ1v) is 9.72. The Balaban J connectivity index is 1.87. The minimum Gasteiger partial charge on any atom is -0.377 e. The van der Waals surface area contributed by atoms with Gasteiger partial charge in [0.15, 0.2) is 0 Å². The molecule has 0 aromatic heterocycles. The number of hydrogen-bond acceptors (Lipinski definition) is 6. The van der Waals surface area contributed by atoms with Crippen molar-refractivity contribution in [3.8, 4) is 0 Å². The fourth-order valence-corrected chi connectivity index (χ4v) is 2.59. The van der Waals surface area contributed by atoms with Gasteiger partial charge in [0, 0.05) is 18.7 Å². The minimum atomic E-state index is -0.0399.